The van der Waals surface area contributed by atoms with Crippen molar-refractivity contribution in [3.05, 3.63) is 24.3 Å². The van der Waals surface area contributed by atoms with E-state index in [-0.39, 0.29) is 18.9 Å². The van der Waals surface area contributed by atoms with E-state index in [1.54, 1.807) is 13.0 Å². The molecule has 9 heteroatoms. The lowest BCUT2D eigenvalue weighted by Gasteiger charge is -2.29. The highest BCUT2D eigenvalue weighted by Crippen LogP contribution is 2.38. The van der Waals surface area contributed by atoms with E-state index in [0.29, 0.717) is 11.0 Å². The molecular weight excluding hydrogens is 503 g/mol. The van der Waals surface area contributed by atoms with Crippen molar-refractivity contribution in [1.29, 1.82) is 0 Å². The van der Waals surface area contributed by atoms with E-state index in [4.69, 9.17) is 9.05 Å². The van der Waals surface area contributed by atoms with Crippen LogP contribution in [0.25, 0.3) is 0 Å². The zero-order valence-corrected chi connectivity index (χ0v) is 25.8. The number of allylic oxidation sites excluding steroid dienone is 3. The minimum absolute atomic E-state index is 0.00850. The van der Waals surface area contributed by atoms with E-state index in [0.717, 1.165) is 19.3 Å². The Balaban J connectivity index is 4.23. The van der Waals surface area contributed by atoms with E-state index in [1.165, 1.54) is 64.2 Å². The highest BCUT2D eigenvalue weighted by Gasteiger charge is 2.22. The quantitative estimate of drug-likeness (QED) is 0.0646. The van der Waals surface area contributed by atoms with Crippen molar-refractivity contribution in [3.8, 4) is 0 Å². The topological polar surface area (TPSA) is 108 Å². The second-order valence-corrected chi connectivity index (χ2v) is 12.5. The number of phosphoric ester groups is 1. The summed E-state index contributed by atoms with van der Waals surface area (Å²) in [5.41, 5.74) is 0. The fourth-order valence-electron chi connectivity index (χ4n) is 3.72. The Bertz CT molecular complexity index is 693. The van der Waals surface area contributed by atoms with Crippen LogP contribution in [0.4, 0.5) is 0 Å². The maximum Gasteiger partial charge on any atom is 0.268 e. The molecule has 0 saturated heterocycles. The molecular formula is C29H57N2O6P. The molecule has 3 unspecified atom stereocenters. The van der Waals surface area contributed by atoms with Gasteiger partial charge in [0.2, 0.25) is 5.91 Å². The minimum Gasteiger partial charge on any atom is -0.756 e. The van der Waals surface area contributed by atoms with Crippen LogP contribution in [0, 0.1) is 0 Å². The molecule has 0 rings (SSSR count). The molecule has 0 aliphatic carbocycles. The summed E-state index contributed by atoms with van der Waals surface area (Å²) in [4.78, 5) is 23.9. The number of hydrogen-bond donors (Lipinski definition) is 2. The second kappa shape index (κ2) is 22.8. The largest absolute Gasteiger partial charge is 0.756 e. The number of nitrogens with zero attached hydrogens (tertiary/aromatic N) is 1. The number of aliphatic hydroxyl groups excluding tert-OH is 1. The van der Waals surface area contributed by atoms with Gasteiger partial charge in [0.25, 0.3) is 7.82 Å². The van der Waals surface area contributed by atoms with Crippen molar-refractivity contribution in [2.24, 2.45) is 0 Å². The van der Waals surface area contributed by atoms with Crippen LogP contribution in [0.2, 0.25) is 0 Å². The molecule has 0 aromatic heterocycles. The summed E-state index contributed by atoms with van der Waals surface area (Å²) < 4.78 is 22.5. The monoisotopic (exact) mass is 560 g/mol. The first-order valence-corrected chi connectivity index (χ1v) is 16.2. The number of carbonyl (C=O) groups is 1. The van der Waals surface area contributed by atoms with E-state index in [1.807, 2.05) is 27.2 Å². The standard InChI is InChI=1S/C29H57N2O6P/c1-6-8-9-10-11-12-13-14-15-16-17-18-19-20-21-22-23-28(32)27(30-29(33)7-2)26-37-38(34,35)36-25-24-31(3,4)5/h18-19,22-23,27-28,32H,6-17,20-21,24-26H2,1-5H3,(H-,30,33,34,35)/b19-18+,23-22+. The molecule has 3 atom stereocenters. The van der Waals surface area contributed by atoms with Gasteiger partial charge in [0, 0.05) is 6.42 Å². The second-order valence-electron chi connectivity index (χ2n) is 11.1. The SMILES string of the molecule is CCCCCCCCCCCC/C=C/CC/C=C/C(O)C(COP(=O)([O-])OCC[N+](C)(C)C)NC(=O)CC. The zero-order valence-electron chi connectivity index (χ0n) is 24.9. The predicted octanol–water partition coefficient (Wildman–Crippen LogP) is 5.65. The molecule has 0 heterocycles. The third-order valence-electron chi connectivity index (χ3n) is 6.23. The fraction of sp³-hybridized carbons (Fsp3) is 0.828. The number of hydrogen-bond acceptors (Lipinski definition) is 6. The van der Waals surface area contributed by atoms with E-state index in [9.17, 15) is 19.4 Å². The molecule has 8 nitrogen and oxygen atoms in total. The summed E-state index contributed by atoms with van der Waals surface area (Å²) in [6.07, 6.45) is 23.0. The number of amides is 1. The lowest BCUT2D eigenvalue weighted by molar-refractivity contribution is -0.870. The van der Waals surface area contributed by atoms with Gasteiger partial charge in [-0.2, -0.15) is 0 Å². The zero-order chi connectivity index (χ0) is 28.7. The van der Waals surface area contributed by atoms with Gasteiger partial charge in [-0.05, 0) is 25.7 Å². The molecule has 0 bridgehead atoms. The van der Waals surface area contributed by atoms with Gasteiger partial charge in [0.15, 0.2) is 0 Å². The van der Waals surface area contributed by atoms with Gasteiger partial charge in [0.05, 0.1) is 39.9 Å². The molecule has 224 valence electrons. The number of rotatable bonds is 25. The Hall–Kier alpha value is -1.02. The molecule has 0 spiro atoms. The number of carbonyl (C=O) groups excluding carboxylic acids is 1. The molecule has 0 aliphatic heterocycles. The number of quaternary nitrogens is 1. The molecule has 0 aromatic rings. The highest BCUT2D eigenvalue weighted by atomic mass is 31.2. The molecule has 0 aliphatic rings. The summed E-state index contributed by atoms with van der Waals surface area (Å²) in [7, 11) is 1.23. The summed E-state index contributed by atoms with van der Waals surface area (Å²) >= 11 is 0. The number of likely N-dealkylation sites (N-methyl/N-ethyl adjacent to an activating group) is 1. The first-order valence-electron chi connectivity index (χ1n) is 14.7. The molecule has 2 N–H and O–H groups in total. The van der Waals surface area contributed by atoms with Crippen LogP contribution in [0.3, 0.4) is 0 Å². The Labute approximate surface area is 233 Å². The number of aliphatic hydroxyl groups is 1. The number of unbranched alkanes of at least 4 members (excludes halogenated alkanes) is 11. The van der Waals surface area contributed by atoms with Crippen LogP contribution in [-0.4, -0.2) is 68.5 Å². The van der Waals surface area contributed by atoms with Crippen molar-refractivity contribution in [2.45, 2.75) is 116 Å². The van der Waals surface area contributed by atoms with E-state index in [2.05, 4.69) is 24.4 Å². The fourth-order valence-corrected chi connectivity index (χ4v) is 4.44. The van der Waals surface area contributed by atoms with Crippen LogP contribution in [0.1, 0.15) is 104 Å². The molecule has 0 radical (unpaired) electrons. The molecule has 0 saturated carbocycles. The first-order chi connectivity index (χ1) is 18.0. The van der Waals surface area contributed by atoms with Crippen molar-refractivity contribution >= 4 is 13.7 Å². The Morgan fingerprint density at radius 3 is 2.03 bits per heavy atom. The van der Waals surface area contributed by atoms with Crippen LogP contribution in [-0.2, 0) is 18.4 Å². The van der Waals surface area contributed by atoms with Crippen LogP contribution >= 0.6 is 7.82 Å². The van der Waals surface area contributed by atoms with Gasteiger partial charge in [0.1, 0.15) is 13.2 Å². The average molecular weight is 561 g/mol. The van der Waals surface area contributed by atoms with Crippen LogP contribution < -0.4 is 10.2 Å². The normalized spacial score (nSPS) is 15.7. The summed E-state index contributed by atoms with van der Waals surface area (Å²) in [6.45, 7) is 4.02. The van der Waals surface area contributed by atoms with Gasteiger partial charge < -0.3 is 28.8 Å². The predicted molar refractivity (Wildman–Crippen MR) is 155 cm³/mol. The molecule has 0 fully saturated rings. The van der Waals surface area contributed by atoms with Gasteiger partial charge in [-0.1, -0.05) is 95.9 Å². The maximum absolute atomic E-state index is 12.1. The van der Waals surface area contributed by atoms with Gasteiger partial charge in [-0.15, -0.1) is 0 Å². The highest BCUT2D eigenvalue weighted by molar-refractivity contribution is 7.45. The van der Waals surface area contributed by atoms with Crippen molar-refractivity contribution < 1.29 is 32.9 Å². The van der Waals surface area contributed by atoms with Crippen LogP contribution in [0.5, 0.6) is 0 Å². The minimum atomic E-state index is -4.54. The third kappa shape index (κ3) is 24.1. The van der Waals surface area contributed by atoms with Crippen molar-refractivity contribution in [2.75, 3.05) is 40.9 Å². The van der Waals surface area contributed by atoms with Crippen molar-refractivity contribution in [3.63, 3.8) is 0 Å². The maximum atomic E-state index is 12.1. The van der Waals surface area contributed by atoms with Crippen LogP contribution in [0.15, 0.2) is 24.3 Å². The Kier molecular flexibility index (Phi) is 22.1. The molecule has 1 amide bonds. The number of nitrogens with one attached hydrogen (secondary N) is 1. The molecule has 0 aromatic carbocycles. The first kappa shape index (κ1) is 37.0. The number of phosphoric acid groups is 1. The average Bonchev–Trinajstić information content (AvgIpc) is 2.85. The van der Waals surface area contributed by atoms with E-state index < -0.39 is 26.6 Å². The third-order valence-corrected chi connectivity index (χ3v) is 7.19. The lowest BCUT2D eigenvalue weighted by atomic mass is 10.1. The Morgan fingerprint density at radius 1 is 0.895 bits per heavy atom. The van der Waals surface area contributed by atoms with Gasteiger partial charge >= 0.3 is 0 Å². The molecule has 38 heavy (non-hydrogen) atoms. The smallest absolute Gasteiger partial charge is 0.268 e. The summed E-state index contributed by atoms with van der Waals surface area (Å²) in [5.74, 6) is -0.298. The lowest BCUT2D eigenvalue weighted by Crippen LogP contribution is -2.45. The van der Waals surface area contributed by atoms with Gasteiger partial charge in [-0.25, -0.2) is 0 Å². The van der Waals surface area contributed by atoms with Gasteiger partial charge in [-0.3, -0.25) is 9.36 Å². The summed E-state index contributed by atoms with van der Waals surface area (Å²) in [5, 5.41) is 13.1. The Morgan fingerprint density at radius 2 is 1.45 bits per heavy atom. The van der Waals surface area contributed by atoms with E-state index >= 15 is 0 Å². The van der Waals surface area contributed by atoms with Crippen molar-refractivity contribution in [1.82, 2.24) is 5.32 Å². The summed E-state index contributed by atoms with van der Waals surface area (Å²) in [6, 6.07) is -0.894.